The van der Waals surface area contributed by atoms with Gasteiger partial charge in [0, 0.05) is 17.8 Å². The van der Waals surface area contributed by atoms with Crippen molar-refractivity contribution >= 4 is 28.8 Å². The molecule has 1 N–H and O–H groups in total. The number of fused-ring (bicyclic) bond motifs is 1. The number of rotatable bonds is 1. The maximum absolute atomic E-state index is 10.5. The van der Waals surface area contributed by atoms with E-state index in [0.717, 1.165) is 4.58 Å². The van der Waals surface area contributed by atoms with Crippen LogP contribution in [0.25, 0.3) is 0 Å². The van der Waals surface area contributed by atoms with Crippen LogP contribution in [0.1, 0.15) is 0 Å². The molecular weight excluding hydrogens is 198 g/mol. The van der Waals surface area contributed by atoms with Crippen LogP contribution in [0, 0.1) is 10.1 Å². The number of anilines is 2. The molecule has 2 rings (SSSR count). The zero-order valence-corrected chi connectivity index (χ0v) is 6.99. The number of hydrogen-bond acceptors (Lipinski definition) is 5. The lowest BCUT2D eigenvalue weighted by Gasteiger charge is -2.01. The van der Waals surface area contributed by atoms with Gasteiger partial charge in [0.1, 0.15) is 5.69 Å². The van der Waals surface area contributed by atoms with E-state index in [1.807, 2.05) is 0 Å². The molecule has 0 fully saturated rings. The largest absolute Gasteiger partial charge is 0.296 e. The lowest BCUT2D eigenvalue weighted by molar-refractivity contribution is -0.384. The van der Waals surface area contributed by atoms with Crippen molar-refractivity contribution in [2.45, 2.75) is 0 Å². The number of nitro groups is 1. The molecule has 1 aromatic carbocycles. The SMILES string of the molecule is O=[N+]([O-])c1cccc2c1NON2Cl. The molecule has 0 bridgehead atoms. The minimum atomic E-state index is -0.509. The monoisotopic (exact) mass is 201 g/mol. The Balaban J connectivity index is 2.57. The van der Waals surface area contributed by atoms with Gasteiger partial charge in [0.25, 0.3) is 5.69 Å². The second-order valence-electron chi connectivity index (χ2n) is 2.37. The summed E-state index contributed by atoms with van der Waals surface area (Å²) in [6.45, 7) is 0. The fourth-order valence-electron chi connectivity index (χ4n) is 1.07. The minimum absolute atomic E-state index is 0.0688. The van der Waals surface area contributed by atoms with Crippen LogP contribution in [-0.4, -0.2) is 4.92 Å². The van der Waals surface area contributed by atoms with E-state index < -0.39 is 4.92 Å². The van der Waals surface area contributed by atoms with Crippen LogP contribution >= 0.6 is 11.8 Å². The first kappa shape index (κ1) is 8.09. The molecule has 0 atom stereocenters. The minimum Gasteiger partial charge on any atom is -0.258 e. The molecule has 1 aromatic rings. The molecule has 0 saturated carbocycles. The van der Waals surface area contributed by atoms with E-state index in [1.165, 1.54) is 12.1 Å². The predicted octanol–water partition coefficient (Wildman–Crippen LogP) is 1.83. The molecule has 0 spiro atoms. The number of nitrogens with one attached hydrogen (secondary N) is 1. The summed E-state index contributed by atoms with van der Waals surface area (Å²) in [4.78, 5) is 14.7. The van der Waals surface area contributed by atoms with E-state index >= 15 is 0 Å². The number of nitrogens with zero attached hydrogens (tertiary/aromatic N) is 2. The Morgan fingerprint density at radius 2 is 2.38 bits per heavy atom. The number of hydrogen-bond donors (Lipinski definition) is 1. The zero-order chi connectivity index (χ0) is 9.42. The highest BCUT2D eigenvalue weighted by molar-refractivity contribution is 6.26. The first-order valence-electron chi connectivity index (χ1n) is 3.36. The van der Waals surface area contributed by atoms with Crippen molar-refractivity contribution in [3.05, 3.63) is 28.3 Å². The van der Waals surface area contributed by atoms with Gasteiger partial charge in [-0.15, -0.1) is 9.52 Å². The average Bonchev–Trinajstić information content (AvgIpc) is 2.48. The predicted molar refractivity (Wildman–Crippen MR) is 46.1 cm³/mol. The van der Waals surface area contributed by atoms with Crippen LogP contribution in [0.2, 0.25) is 0 Å². The highest BCUT2D eigenvalue weighted by Gasteiger charge is 2.27. The van der Waals surface area contributed by atoms with Crippen molar-refractivity contribution in [1.82, 2.24) is 0 Å². The number of para-hydroxylation sites is 1. The fraction of sp³-hybridized carbons (Fsp3) is 0. The van der Waals surface area contributed by atoms with Crippen LogP contribution in [-0.2, 0) is 4.94 Å². The van der Waals surface area contributed by atoms with Crippen molar-refractivity contribution in [2.75, 3.05) is 10.1 Å². The lowest BCUT2D eigenvalue weighted by Crippen LogP contribution is -2.05. The standard InChI is InChI=1S/C6H4ClN3O3/c7-9-4-2-1-3-5(10(11)12)6(4)8-13-9/h1-3,8H. The Labute approximate surface area is 77.8 Å². The van der Waals surface area contributed by atoms with Gasteiger partial charge in [-0.3, -0.25) is 10.1 Å². The number of halogens is 1. The van der Waals surface area contributed by atoms with Gasteiger partial charge in [0.2, 0.25) is 0 Å². The summed E-state index contributed by atoms with van der Waals surface area (Å²) < 4.78 is 0.905. The van der Waals surface area contributed by atoms with Crippen LogP contribution < -0.4 is 10.1 Å². The van der Waals surface area contributed by atoms with E-state index in [1.54, 1.807) is 6.07 Å². The van der Waals surface area contributed by atoms with E-state index in [0.29, 0.717) is 5.69 Å². The molecular formula is C6H4ClN3O3. The first-order valence-corrected chi connectivity index (χ1v) is 3.70. The molecule has 0 aliphatic carbocycles. The zero-order valence-electron chi connectivity index (χ0n) is 6.23. The normalized spacial score (nSPS) is 13.8. The molecule has 1 aliphatic rings. The van der Waals surface area contributed by atoms with Gasteiger partial charge < -0.3 is 0 Å². The molecule has 68 valence electrons. The Hall–Kier alpha value is -1.53. The molecule has 13 heavy (non-hydrogen) atoms. The van der Waals surface area contributed by atoms with E-state index in [2.05, 4.69) is 10.4 Å². The van der Waals surface area contributed by atoms with Crippen LogP contribution in [0.15, 0.2) is 18.2 Å². The van der Waals surface area contributed by atoms with Gasteiger partial charge in [-0.2, -0.15) is 0 Å². The fourth-order valence-corrected chi connectivity index (χ4v) is 1.24. The Kier molecular flexibility index (Phi) is 1.71. The van der Waals surface area contributed by atoms with Crippen LogP contribution in [0.4, 0.5) is 17.1 Å². The highest BCUT2D eigenvalue weighted by Crippen LogP contribution is 2.39. The lowest BCUT2D eigenvalue weighted by atomic mass is 10.2. The molecule has 1 aliphatic heterocycles. The van der Waals surface area contributed by atoms with Crippen molar-refractivity contribution in [3.8, 4) is 0 Å². The molecule has 1 heterocycles. The first-order chi connectivity index (χ1) is 6.20. The Morgan fingerprint density at radius 3 is 3.08 bits per heavy atom. The molecule has 6 nitrogen and oxygen atoms in total. The van der Waals surface area contributed by atoms with Crippen molar-refractivity contribution in [1.29, 1.82) is 0 Å². The quantitative estimate of drug-likeness (QED) is 0.427. The molecule has 0 saturated heterocycles. The molecule has 7 heteroatoms. The van der Waals surface area contributed by atoms with Crippen molar-refractivity contribution < 1.29 is 9.86 Å². The van der Waals surface area contributed by atoms with Gasteiger partial charge in [-0.25, -0.2) is 5.48 Å². The van der Waals surface area contributed by atoms with Crippen molar-refractivity contribution in [3.63, 3.8) is 0 Å². The van der Waals surface area contributed by atoms with Gasteiger partial charge in [0.15, 0.2) is 5.69 Å². The maximum atomic E-state index is 10.5. The van der Waals surface area contributed by atoms with E-state index in [4.69, 9.17) is 11.8 Å². The maximum Gasteiger partial charge on any atom is 0.296 e. The number of nitro benzene ring substituents is 1. The van der Waals surface area contributed by atoms with Gasteiger partial charge in [-0.05, 0) is 6.07 Å². The second kappa shape index (κ2) is 2.75. The summed E-state index contributed by atoms with van der Waals surface area (Å²) in [6.07, 6.45) is 0. The third kappa shape index (κ3) is 1.16. The van der Waals surface area contributed by atoms with Crippen molar-refractivity contribution in [2.24, 2.45) is 0 Å². The summed E-state index contributed by atoms with van der Waals surface area (Å²) in [7, 11) is 0. The van der Waals surface area contributed by atoms with Gasteiger partial charge in [0.05, 0.1) is 4.92 Å². The molecule has 0 unspecified atom stereocenters. The molecule has 0 aromatic heterocycles. The topological polar surface area (TPSA) is 67.6 Å². The summed E-state index contributed by atoms with van der Waals surface area (Å²) >= 11 is 5.55. The smallest absolute Gasteiger partial charge is 0.258 e. The summed E-state index contributed by atoms with van der Waals surface area (Å²) in [6, 6.07) is 4.50. The molecule has 0 amide bonds. The Bertz CT molecular complexity index is 370. The van der Waals surface area contributed by atoms with Crippen LogP contribution in [0.3, 0.4) is 0 Å². The second-order valence-corrected chi connectivity index (χ2v) is 2.67. The van der Waals surface area contributed by atoms with E-state index in [-0.39, 0.29) is 11.4 Å². The van der Waals surface area contributed by atoms with E-state index in [9.17, 15) is 10.1 Å². The summed E-state index contributed by atoms with van der Waals surface area (Å²) in [5, 5.41) is 10.5. The Morgan fingerprint density at radius 1 is 1.62 bits per heavy atom. The summed E-state index contributed by atoms with van der Waals surface area (Å²) in [5.74, 6) is 0. The number of benzene rings is 1. The van der Waals surface area contributed by atoms with Gasteiger partial charge in [-0.1, -0.05) is 6.07 Å². The van der Waals surface area contributed by atoms with Crippen LogP contribution in [0.5, 0.6) is 0 Å². The average molecular weight is 202 g/mol. The third-order valence-electron chi connectivity index (χ3n) is 1.63. The van der Waals surface area contributed by atoms with Gasteiger partial charge >= 0.3 is 0 Å². The third-order valence-corrected chi connectivity index (χ3v) is 1.89. The molecule has 0 radical (unpaired) electrons. The summed E-state index contributed by atoms with van der Waals surface area (Å²) in [5.41, 5.74) is 2.98. The highest BCUT2D eigenvalue weighted by atomic mass is 35.5.